The fourth-order valence-electron chi connectivity index (χ4n) is 2.27. The number of oxazole rings is 1. The molecule has 4 rings (SSSR count). The zero-order chi connectivity index (χ0) is 16.7. The summed E-state index contributed by atoms with van der Waals surface area (Å²) in [4.78, 5) is 12.6. The molecule has 4 aromatic rings. The van der Waals surface area contributed by atoms with Gasteiger partial charge in [0.05, 0.1) is 17.9 Å². The molecule has 0 atom stereocenters. The van der Waals surface area contributed by atoms with Crippen LogP contribution in [0.3, 0.4) is 0 Å². The average Bonchev–Trinajstić information content (AvgIpc) is 3.21. The molecule has 9 heteroatoms. The summed E-state index contributed by atoms with van der Waals surface area (Å²) in [5, 5.41) is 9.88. The van der Waals surface area contributed by atoms with Crippen LogP contribution in [-0.4, -0.2) is 28.8 Å². The largest absolute Gasteiger partial charge is 0.507 e. The van der Waals surface area contributed by atoms with E-state index in [4.69, 9.17) is 9.15 Å². The zero-order valence-corrected chi connectivity index (χ0v) is 13.5. The maximum atomic E-state index is 9.88. The molecule has 24 heavy (non-hydrogen) atoms. The van der Waals surface area contributed by atoms with Crippen molar-refractivity contribution in [1.29, 1.82) is 0 Å². The third-order valence-corrected chi connectivity index (χ3v) is 3.87. The topological polar surface area (TPSA) is 107 Å². The molecule has 0 aliphatic heterocycles. The lowest BCUT2D eigenvalue weighted by Crippen LogP contribution is -1.91. The van der Waals surface area contributed by atoms with Gasteiger partial charge in [0.25, 0.3) is 11.6 Å². The van der Waals surface area contributed by atoms with Gasteiger partial charge in [0.2, 0.25) is 5.89 Å². The number of ether oxygens (including phenoxy) is 1. The van der Waals surface area contributed by atoms with E-state index in [1.165, 1.54) is 12.4 Å². The normalized spacial score (nSPS) is 11.1. The third-order valence-electron chi connectivity index (χ3n) is 3.40. The number of nitrogens with zero attached hydrogens (tertiary/aromatic N) is 5. The minimum absolute atomic E-state index is 0.107. The van der Waals surface area contributed by atoms with Gasteiger partial charge in [-0.3, -0.25) is 0 Å². The van der Waals surface area contributed by atoms with Crippen LogP contribution in [0, 0.1) is 13.8 Å². The predicted octanol–water partition coefficient (Wildman–Crippen LogP) is 3.25. The second kappa shape index (κ2) is 5.53. The number of hydrogen-bond acceptors (Lipinski definition) is 9. The second-order valence-corrected chi connectivity index (χ2v) is 5.73. The first kappa shape index (κ1) is 14.5. The number of aromatic nitrogens is 5. The monoisotopic (exact) mass is 341 g/mol. The van der Waals surface area contributed by atoms with E-state index < -0.39 is 0 Å². The first-order valence-electron chi connectivity index (χ1n) is 7.00. The molecule has 0 amide bonds. The number of rotatable bonds is 3. The van der Waals surface area contributed by atoms with Crippen molar-refractivity contribution in [1.82, 2.24) is 23.7 Å². The Balaban J connectivity index is 1.73. The van der Waals surface area contributed by atoms with Gasteiger partial charge in [-0.15, -0.1) is 4.37 Å². The first-order valence-corrected chi connectivity index (χ1v) is 7.73. The molecule has 8 nitrogen and oxygen atoms in total. The summed E-state index contributed by atoms with van der Waals surface area (Å²) < 4.78 is 18.9. The summed E-state index contributed by atoms with van der Waals surface area (Å²) in [7, 11) is 0. The van der Waals surface area contributed by atoms with E-state index in [2.05, 4.69) is 23.7 Å². The standard InChI is InChI=1S/C15H11N5O3S/c1-7-3-9(4-8(2)12(7)21)13-18-10-5-16-15(19-14(10)23-13)22-11-6-17-24-20-11/h3-6,21H,1-2H3. The van der Waals surface area contributed by atoms with Crippen molar-refractivity contribution in [2.24, 2.45) is 0 Å². The summed E-state index contributed by atoms with van der Waals surface area (Å²) in [6, 6.07) is 3.72. The molecule has 120 valence electrons. The van der Waals surface area contributed by atoms with Crippen LogP contribution in [0.4, 0.5) is 0 Å². The molecule has 3 aromatic heterocycles. The molecule has 0 saturated heterocycles. The van der Waals surface area contributed by atoms with E-state index in [-0.39, 0.29) is 11.8 Å². The van der Waals surface area contributed by atoms with Gasteiger partial charge in [-0.2, -0.15) is 9.36 Å². The van der Waals surface area contributed by atoms with Crippen LogP contribution in [0.2, 0.25) is 0 Å². The number of phenols is 1. The van der Waals surface area contributed by atoms with Crippen molar-refractivity contribution in [3.05, 3.63) is 35.7 Å². The molecule has 0 aliphatic rings. The highest BCUT2D eigenvalue weighted by Gasteiger charge is 2.14. The molecular formula is C15H11N5O3S. The molecule has 0 unspecified atom stereocenters. The van der Waals surface area contributed by atoms with Crippen molar-refractivity contribution in [3.8, 4) is 29.1 Å². The maximum Gasteiger partial charge on any atom is 0.326 e. The molecule has 3 heterocycles. The number of aromatic hydroxyl groups is 1. The zero-order valence-electron chi connectivity index (χ0n) is 12.7. The first-order chi connectivity index (χ1) is 11.6. The summed E-state index contributed by atoms with van der Waals surface area (Å²) in [5.41, 5.74) is 3.07. The van der Waals surface area contributed by atoms with Crippen LogP contribution in [0.5, 0.6) is 17.6 Å². The molecule has 1 aromatic carbocycles. The summed E-state index contributed by atoms with van der Waals surface area (Å²) in [6.07, 6.45) is 3.00. The Labute approximate surface area is 140 Å². The maximum absolute atomic E-state index is 9.88. The van der Waals surface area contributed by atoms with Crippen molar-refractivity contribution < 1.29 is 14.3 Å². The van der Waals surface area contributed by atoms with E-state index in [0.29, 0.717) is 23.0 Å². The molecule has 0 saturated carbocycles. The van der Waals surface area contributed by atoms with Gasteiger partial charge in [-0.05, 0) is 37.1 Å². The van der Waals surface area contributed by atoms with Gasteiger partial charge < -0.3 is 14.3 Å². The fourth-order valence-corrected chi connectivity index (χ4v) is 2.62. The minimum Gasteiger partial charge on any atom is -0.507 e. The van der Waals surface area contributed by atoms with E-state index in [1.807, 2.05) is 13.8 Å². The minimum atomic E-state index is 0.107. The summed E-state index contributed by atoms with van der Waals surface area (Å²) >= 11 is 1.03. The molecule has 0 radical (unpaired) electrons. The number of fused-ring (bicyclic) bond motifs is 1. The fraction of sp³-hybridized carbons (Fsp3) is 0.133. The Morgan fingerprint density at radius 3 is 2.62 bits per heavy atom. The van der Waals surface area contributed by atoms with Gasteiger partial charge in [0.1, 0.15) is 17.5 Å². The van der Waals surface area contributed by atoms with Gasteiger partial charge in [-0.1, -0.05) is 0 Å². The lowest BCUT2D eigenvalue weighted by atomic mass is 10.1. The Morgan fingerprint density at radius 1 is 1.12 bits per heavy atom. The highest BCUT2D eigenvalue weighted by molar-refractivity contribution is 6.99. The molecule has 1 N–H and O–H groups in total. The highest BCUT2D eigenvalue weighted by atomic mass is 32.1. The van der Waals surface area contributed by atoms with E-state index in [9.17, 15) is 5.11 Å². The van der Waals surface area contributed by atoms with Crippen molar-refractivity contribution in [3.63, 3.8) is 0 Å². The predicted molar refractivity (Wildman–Crippen MR) is 86.2 cm³/mol. The van der Waals surface area contributed by atoms with E-state index in [0.717, 1.165) is 28.4 Å². The Hall–Kier alpha value is -3.07. The highest BCUT2D eigenvalue weighted by Crippen LogP contribution is 2.30. The van der Waals surface area contributed by atoms with Crippen LogP contribution in [0.1, 0.15) is 11.1 Å². The van der Waals surface area contributed by atoms with Crippen LogP contribution in [0.25, 0.3) is 22.7 Å². The molecule has 0 bridgehead atoms. The average molecular weight is 341 g/mol. The molecule has 0 spiro atoms. The van der Waals surface area contributed by atoms with Gasteiger partial charge in [0, 0.05) is 5.56 Å². The van der Waals surface area contributed by atoms with Crippen LogP contribution in [0.15, 0.2) is 28.9 Å². The second-order valence-electron chi connectivity index (χ2n) is 5.17. The van der Waals surface area contributed by atoms with E-state index >= 15 is 0 Å². The van der Waals surface area contributed by atoms with Crippen LogP contribution >= 0.6 is 11.7 Å². The summed E-state index contributed by atoms with van der Waals surface area (Å²) in [6.45, 7) is 3.64. The smallest absolute Gasteiger partial charge is 0.326 e. The Kier molecular flexibility index (Phi) is 3.35. The lowest BCUT2D eigenvalue weighted by Gasteiger charge is -2.04. The van der Waals surface area contributed by atoms with Gasteiger partial charge >= 0.3 is 6.01 Å². The van der Waals surface area contributed by atoms with Gasteiger partial charge in [0.15, 0.2) is 0 Å². The Bertz CT molecular complexity index is 1010. The number of phenolic OH excluding ortho intramolecular Hbond substituents is 1. The van der Waals surface area contributed by atoms with Crippen molar-refractivity contribution in [2.45, 2.75) is 13.8 Å². The molecule has 0 aliphatic carbocycles. The number of hydrogen-bond donors (Lipinski definition) is 1. The van der Waals surface area contributed by atoms with E-state index in [1.54, 1.807) is 12.1 Å². The third kappa shape index (κ3) is 2.54. The van der Waals surface area contributed by atoms with Gasteiger partial charge in [-0.25, -0.2) is 9.97 Å². The Morgan fingerprint density at radius 2 is 1.92 bits per heavy atom. The summed E-state index contributed by atoms with van der Waals surface area (Å²) in [5.74, 6) is 0.990. The SMILES string of the molecule is Cc1cc(-c2nc3cnc(Oc4cnsn4)nc3o2)cc(C)c1O. The van der Waals surface area contributed by atoms with Crippen LogP contribution in [-0.2, 0) is 0 Å². The lowest BCUT2D eigenvalue weighted by molar-refractivity contribution is 0.428. The number of benzene rings is 1. The molecular weight excluding hydrogens is 330 g/mol. The molecule has 0 fully saturated rings. The number of aryl methyl sites for hydroxylation is 2. The van der Waals surface area contributed by atoms with Crippen molar-refractivity contribution >= 4 is 23.0 Å². The quantitative estimate of drug-likeness (QED) is 0.605. The van der Waals surface area contributed by atoms with Crippen molar-refractivity contribution in [2.75, 3.05) is 0 Å². The van der Waals surface area contributed by atoms with Crippen LogP contribution < -0.4 is 4.74 Å².